The molecule has 164 valence electrons. The molecule has 1 atom stereocenters. The maximum absolute atomic E-state index is 12.6. The third-order valence-corrected chi connectivity index (χ3v) is 4.18. The first-order valence-electron chi connectivity index (χ1n) is 9.64. The number of alkyl halides is 3. The largest absolute Gasteiger partial charge is 0.468 e. The van der Waals surface area contributed by atoms with Crippen LogP contribution in [0.25, 0.3) is 0 Å². The van der Waals surface area contributed by atoms with Crippen LogP contribution < -0.4 is 15.4 Å². The molecule has 9 heteroatoms. The van der Waals surface area contributed by atoms with Gasteiger partial charge in [0.25, 0.3) is 5.91 Å². The summed E-state index contributed by atoms with van der Waals surface area (Å²) in [5, 5.41) is 6.15. The van der Waals surface area contributed by atoms with Crippen molar-refractivity contribution >= 4 is 11.7 Å². The van der Waals surface area contributed by atoms with Gasteiger partial charge in [0, 0.05) is 24.0 Å². The van der Waals surface area contributed by atoms with Gasteiger partial charge in [-0.15, -0.1) is 0 Å². The van der Waals surface area contributed by atoms with Crippen LogP contribution in [0.3, 0.4) is 0 Å². The van der Waals surface area contributed by atoms with Crippen molar-refractivity contribution in [3.8, 4) is 5.88 Å². The molecule has 2 heterocycles. The molecule has 0 saturated carbocycles. The van der Waals surface area contributed by atoms with Gasteiger partial charge in [-0.25, -0.2) is 9.97 Å². The van der Waals surface area contributed by atoms with E-state index in [0.29, 0.717) is 11.5 Å². The molecule has 0 aliphatic heterocycles. The molecule has 0 fully saturated rings. The lowest BCUT2D eigenvalue weighted by Gasteiger charge is -2.17. The SMILES string of the molecule is Cc1cc(C(C)NC(=O)c2cnc(OCC(F)(F)F)c(C)c2)cc(NCC(C)C)n1. The van der Waals surface area contributed by atoms with Crippen molar-refractivity contribution in [2.24, 2.45) is 5.92 Å². The number of pyridine rings is 2. The highest BCUT2D eigenvalue weighted by Gasteiger charge is 2.29. The zero-order valence-corrected chi connectivity index (χ0v) is 17.7. The van der Waals surface area contributed by atoms with E-state index in [2.05, 4.69) is 39.2 Å². The lowest BCUT2D eigenvalue weighted by Crippen LogP contribution is -2.27. The number of hydrogen-bond donors (Lipinski definition) is 2. The van der Waals surface area contributed by atoms with E-state index >= 15 is 0 Å². The number of aryl methyl sites for hydroxylation is 2. The second-order valence-corrected chi connectivity index (χ2v) is 7.65. The Bertz CT molecular complexity index is 885. The standard InChI is InChI=1S/C21H27F3N4O2/c1-12(2)9-25-18-8-16(7-14(4)27-18)15(5)28-19(29)17-6-13(3)20(26-10-17)30-11-21(22,23)24/h6-8,10,12,15H,9,11H2,1-5H3,(H,25,27)(H,28,29). The number of amides is 1. The van der Waals surface area contributed by atoms with Crippen LogP contribution in [0.2, 0.25) is 0 Å². The summed E-state index contributed by atoms with van der Waals surface area (Å²) >= 11 is 0. The second kappa shape index (κ2) is 9.77. The molecule has 30 heavy (non-hydrogen) atoms. The van der Waals surface area contributed by atoms with Gasteiger partial charge in [0.05, 0.1) is 11.6 Å². The lowest BCUT2D eigenvalue weighted by molar-refractivity contribution is -0.154. The lowest BCUT2D eigenvalue weighted by atomic mass is 10.1. The summed E-state index contributed by atoms with van der Waals surface area (Å²) in [4.78, 5) is 20.9. The summed E-state index contributed by atoms with van der Waals surface area (Å²) in [7, 11) is 0. The molecule has 0 bridgehead atoms. The first-order valence-corrected chi connectivity index (χ1v) is 9.64. The monoisotopic (exact) mass is 424 g/mol. The minimum absolute atomic E-state index is 0.150. The number of ether oxygens (including phenoxy) is 1. The normalized spacial score (nSPS) is 12.6. The average Bonchev–Trinajstić information content (AvgIpc) is 2.64. The Kier molecular flexibility index (Phi) is 7.64. The van der Waals surface area contributed by atoms with Crippen molar-refractivity contribution in [3.63, 3.8) is 0 Å². The summed E-state index contributed by atoms with van der Waals surface area (Å²) in [6.45, 7) is 8.82. The van der Waals surface area contributed by atoms with Gasteiger partial charge in [-0.3, -0.25) is 4.79 Å². The molecule has 2 aromatic rings. The van der Waals surface area contributed by atoms with Crippen LogP contribution in [0.5, 0.6) is 5.88 Å². The number of rotatable bonds is 8. The summed E-state index contributed by atoms with van der Waals surface area (Å²) in [5.74, 6) is 0.671. The van der Waals surface area contributed by atoms with Crippen molar-refractivity contribution in [1.82, 2.24) is 15.3 Å². The van der Waals surface area contributed by atoms with Gasteiger partial charge < -0.3 is 15.4 Å². The molecule has 0 saturated heterocycles. The van der Waals surface area contributed by atoms with Crippen molar-refractivity contribution < 1.29 is 22.7 Å². The van der Waals surface area contributed by atoms with E-state index in [1.54, 1.807) is 0 Å². The third-order valence-electron chi connectivity index (χ3n) is 4.18. The summed E-state index contributed by atoms with van der Waals surface area (Å²) in [6, 6.07) is 4.93. The Morgan fingerprint density at radius 2 is 1.87 bits per heavy atom. The molecule has 2 rings (SSSR count). The molecular weight excluding hydrogens is 397 g/mol. The van der Waals surface area contributed by atoms with E-state index in [0.717, 1.165) is 23.6 Å². The number of nitrogens with zero attached hydrogens (tertiary/aromatic N) is 2. The number of carbonyl (C=O) groups excluding carboxylic acids is 1. The quantitative estimate of drug-likeness (QED) is 0.648. The number of carbonyl (C=O) groups is 1. The van der Waals surface area contributed by atoms with Crippen LogP contribution in [0.1, 0.15) is 54.0 Å². The number of anilines is 1. The molecule has 0 aliphatic rings. The van der Waals surface area contributed by atoms with Gasteiger partial charge in [0.15, 0.2) is 6.61 Å². The molecule has 0 radical (unpaired) electrons. The Balaban J connectivity index is 2.07. The first kappa shape index (κ1) is 23.4. The third kappa shape index (κ3) is 7.20. The Morgan fingerprint density at radius 1 is 1.17 bits per heavy atom. The number of aromatic nitrogens is 2. The van der Waals surface area contributed by atoms with Crippen LogP contribution in [0.4, 0.5) is 19.0 Å². The zero-order valence-electron chi connectivity index (χ0n) is 17.7. The fourth-order valence-electron chi connectivity index (χ4n) is 2.70. The highest BCUT2D eigenvalue weighted by molar-refractivity contribution is 5.94. The smallest absolute Gasteiger partial charge is 0.422 e. The van der Waals surface area contributed by atoms with E-state index in [1.807, 2.05) is 26.0 Å². The fourth-order valence-corrected chi connectivity index (χ4v) is 2.70. The molecule has 1 unspecified atom stereocenters. The Labute approximate surface area is 174 Å². The highest BCUT2D eigenvalue weighted by atomic mass is 19.4. The minimum atomic E-state index is -4.45. The Morgan fingerprint density at radius 3 is 2.47 bits per heavy atom. The summed E-state index contributed by atoms with van der Waals surface area (Å²) in [5.41, 5.74) is 2.29. The molecule has 1 amide bonds. The van der Waals surface area contributed by atoms with Crippen molar-refractivity contribution in [1.29, 1.82) is 0 Å². The van der Waals surface area contributed by atoms with Crippen LogP contribution >= 0.6 is 0 Å². The van der Waals surface area contributed by atoms with Gasteiger partial charge in [-0.05, 0) is 50.5 Å². The molecule has 2 aromatic heterocycles. The van der Waals surface area contributed by atoms with Gasteiger partial charge in [0.2, 0.25) is 5.88 Å². The molecule has 0 spiro atoms. The molecule has 2 N–H and O–H groups in total. The predicted molar refractivity (Wildman–Crippen MR) is 109 cm³/mol. The summed E-state index contributed by atoms with van der Waals surface area (Å²) < 4.78 is 41.6. The molecular formula is C21H27F3N4O2. The fraction of sp³-hybridized carbons (Fsp3) is 0.476. The van der Waals surface area contributed by atoms with Crippen molar-refractivity contribution in [2.75, 3.05) is 18.5 Å². The van der Waals surface area contributed by atoms with Gasteiger partial charge >= 0.3 is 6.18 Å². The van der Waals surface area contributed by atoms with Crippen LogP contribution in [-0.4, -0.2) is 35.2 Å². The van der Waals surface area contributed by atoms with Crippen molar-refractivity contribution in [3.05, 3.63) is 46.8 Å². The first-order chi connectivity index (χ1) is 13.9. The molecule has 0 aliphatic carbocycles. The van der Waals surface area contributed by atoms with Crippen LogP contribution in [0, 0.1) is 19.8 Å². The average molecular weight is 424 g/mol. The van der Waals surface area contributed by atoms with E-state index in [4.69, 9.17) is 0 Å². The maximum atomic E-state index is 12.6. The minimum Gasteiger partial charge on any atom is -0.468 e. The van der Waals surface area contributed by atoms with Crippen LogP contribution in [-0.2, 0) is 0 Å². The number of halogens is 3. The molecule has 6 nitrogen and oxygen atoms in total. The van der Waals surface area contributed by atoms with Crippen LogP contribution in [0.15, 0.2) is 24.4 Å². The van der Waals surface area contributed by atoms with Gasteiger partial charge in [0.1, 0.15) is 5.82 Å². The van der Waals surface area contributed by atoms with E-state index in [-0.39, 0.29) is 23.4 Å². The summed E-state index contributed by atoms with van der Waals surface area (Å²) in [6.07, 6.45) is -3.25. The highest BCUT2D eigenvalue weighted by Crippen LogP contribution is 2.22. The topological polar surface area (TPSA) is 76.1 Å². The van der Waals surface area contributed by atoms with E-state index < -0.39 is 12.8 Å². The number of nitrogens with one attached hydrogen (secondary N) is 2. The maximum Gasteiger partial charge on any atom is 0.422 e. The van der Waals surface area contributed by atoms with E-state index in [9.17, 15) is 18.0 Å². The number of hydrogen-bond acceptors (Lipinski definition) is 5. The van der Waals surface area contributed by atoms with Gasteiger partial charge in [-0.2, -0.15) is 13.2 Å². The second-order valence-electron chi connectivity index (χ2n) is 7.65. The van der Waals surface area contributed by atoms with E-state index in [1.165, 1.54) is 19.2 Å². The zero-order chi connectivity index (χ0) is 22.5. The molecule has 0 aromatic carbocycles. The predicted octanol–water partition coefficient (Wildman–Crippen LogP) is 4.59. The Hall–Kier alpha value is -2.84. The van der Waals surface area contributed by atoms with Gasteiger partial charge in [-0.1, -0.05) is 13.8 Å². The van der Waals surface area contributed by atoms with Crippen molar-refractivity contribution in [2.45, 2.75) is 46.8 Å².